The highest BCUT2D eigenvalue weighted by Crippen LogP contribution is 2.21. The normalized spacial score (nSPS) is 12.1. The number of carboxylic acid groups (broad SMARTS) is 1. The topological polar surface area (TPSA) is 40.5 Å². The molecule has 15 heavy (non-hydrogen) atoms. The number of hydrogen-bond donors (Lipinski definition) is 1. The molecule has 0 aromatic heterocycles. The molecular weight excluding hydrogens is 210 g/mol. The summed E-state index contributed by atoms with van der Waals surface area (Å²) in [7, 11) is 0. The maximum absolute atomic E-state index is 10.8. The zero-order valence-electron chi connectivity index (χ0n) is 10.2. The van der Waals surface area contributed by atoms with Gasteiger partial charge in [0.2, 0.25) is 0 Å². The summed E-state index contributed by atoms with van der Waals surface area (Å²) in [6.07, 6.45) is 0. The Morgan fingerprint density at radius 1 is 1.33 bits per heavy atom. The molecule has 0 spiro atoms. The Balaban J connectivity index is 3.66. The molecule has 0 heterocycles. The highest BCUT2D eigenvalue weighted by Gasteiger charge is 2.26. The first-order valence-corrected chi connectivity index (χ1v) is 6.63. The van der Waals surface area contributed by atoms with Crippen molar-refractivity contribution >= 4 is 17.7 Å². The molecule has 0 amide bonds. The number of carbonyl (C=O) groups is 1. The van der Waals surface area contributed by atoms with Crippen LogP contribution in [0.25, 0.3) is 0 Å². The van der Waals surface area contributed by atoms with Gasteiger partial charge in [-0.2, -0.15) is 11.8 Å². The third kappa shape index (κ3) is 6.05. The molecular formula is C11H23NO2S. The fraction of sp³-hybridized carbons (Fsp3) is 0.909. The van der Waals surface area contributed by atoms with E-state index in [4.69, 9.17) is 5.11 Å². The molecule has 0 unspecified atom stereocenters. The molecule has 1 N–H and O–H groups in total. The summed E-state index contributed by atoms with van der Waals surface area (Å²) in [5.41, 5.74) is -0.603. The van der Waals surface area contributed by atoms with Crippen LogP contribution in [0.15, 0.2) is 0 Å². The molecule has 0 saturated heterocycles. The number of thioether (sulfide) groups is 1. The zero-order chi connectivity index (χ0) is 11.9. The molecule has 4 heteroatoms. The second kappa shape index (κ2) is 7.12. The summed E-state index contributed by atoms with van der Waals surface area (Å²) in [6, 6.07) is 0. The van der Waals surface area contributed by atoms with Crippen molar-refractivity contribution in [2.45, 2.75) is 27.7 Å². The minimum atomic E-state index is -0.710. The summed E-state index contributed by atoms with van der Waals surface area (Å²) >= 11 is 1.73. The number of hydrogen-bond acceptors (Lipinski definition) is 3. The molecule has 0 aliphatic rings. The maximum Gasteiger partial charge on any atom is 0.309 e. The van der Waals surface area contributed by atoms with E-state index in [1.54, 1.807) is 25.6 Å². The minimum Gasteiger partial charge on any atom is -0.481 e. The second-order valence-electron chi connectivity index (χ2n) is 4.27. The molecule has 90 valence electrons. The molecule has 0 aromatic carbocycles. The number of nitrogens with zero attached hydrogens (tertiary/aromatic N) is 1. The minimum absolute atomic E-state index is 0.603. The van der Waals surface area contributed by atoms with Gasteiger partial charge in [0.25, 0.3) is 0 Å². The molecule has 0 atom stereocenters. The SMILES string of the molecule is CCN(CC)CCSCC(C)(C)C(=O)O. The Kier molecular flexibility index (Phi) is 7.02. The Bertz CT molecular complexity index is 191. The van der Waals surface area contributed by atoms with Crippen LogP contribution in [0.3, 0.4) is 0 Å². The highest BCUT2D eigenvalue weighted by atomic mass is 32.2. The van der Waals surface area contributed by atoms with Crippen molar-refractivity contribution in [3.8, 4) is 0 Å². The Hall–Kier alpha value is -0.220. The maximum atomic E-state index is 10.8. The average Bonchev–Trinajstić information content (AvgIpc) is 2.18. The van der Waals surface area contributed by atoms with Gasteiger partial charge in [0.1, 0.15) is 0 Å². The summed E-state index contributed by atoms with van der Waals surface area (Å²) in [5.74, 6) is 0.986. The van der Waals surface area contributed by atoms with Crippen molar-refractivity contribution in [3.05, 3.63) is 0 Å². The van der Waals surface area contributed by atoms with Gasteiger partial charge < -0.3 is 10.0 Å². The second-order valence-corrected chi connectivity index (χ2v) is 5.37. The fourth-order valence-electron chi connectivity index (χ4n) is 1.12. The van der Waals surface area contributed by atoms with Crippen LogP contribution in [-0.4, -0.2) is 47.1 Å². The first-order chi connectivity index (χ1) is 6.94. The van der Waals surface area contributed by atoms with Gasteiger partial charge in [-0.15, -0.1) is 0 Å². The third-order valence-corrected chi connectivity index (χ3v) is 3.89. The summed E-state index contributed by atoms with van der Waals surface area (Å²) in [6.45, 7) is 11.0. The number of carboxylic acids is 1. The van der Waals surface area contributed by atoms with Gasteiger partial charge in [-0.1, -0.05) is 13.8 Å². The molecule has 0 aliphatic carbocycles. The van der Waals surface area contributed by atoms with E-state index in [0.717, 1.165) is 25.4 Å². The molecule has 0 aromatic rings. The first-order valence-electron chi connectivity index (χ1n) is 5.47. The molecule has 0 rings (SSSR count). The van der Waals surface area contributed by atoms with Crippen molar-refractivity contribution in [3.63, 3.8) is 0 Å². The van der Waals surface area contributed by atoms with Crippen LogP contribution in [0.1, 0.15) is 27.7 Å². The number of aliphatic carboxylic acids is 1. The van der Waals surface area contributed by atoms with Crippen molar-refractivity contribution in [1.82, 2.24) is 4.90 Å². The van der Waals surface area contributed by atoms with Gasteiger partial charge in [-0.25, -0.2) is 0 Å². The molecule has 0 saturated carbocycles. The van der Waals surface area contributed by atoms with Gasteiger partial charge in [-0.3, -0.25) is 4.79 Å². The quantitative estimate of drug-likeness (QED) is 0.652. The van der Waals surface area contributed by atoms with E-state index in [-0.39, 0.29) is 0 Å². The Labute approximate surface area is 97.2 Å². The van der Waals surface area contributed by atoms with Crippen molar-refractivity contribution in [1.29, 1.82) is 0 Å². The highest BCUT2D eigenvalue weighted by molar-refractivity contribution is 7.99. The average molecular weight is 233 g/mol. The van der Waals surface area contributed by atoms with E-state index in [1.165, 1.54) is 0 Å². The molecule has 0 radical (unpaired) electrons. The van der Waals surface area contributed by atoms with Crippen LogP contribution in [-0.2, 0) is 4.79 Å². The number of rotatable bonds is 8. The van der Waals surface area contributed by atoms with Gasteiger partial charge in [0, 0.05) is 18.1 Å². The van der Waals surface area contributed by atoms with Crippen LogP contribution < -0.4 is 0 Å². The van der Waals surface area contributed by atoms with Crippen LogP contribution in [0.4, 0.5) is 0 Å². The lowest BCUT2D eigenvalue weighted by Crippen LogP contribution is -2.28. The molecule has 3 nitrogen and oxygen atoms in total. The lowest BCUT2D eigenvalue weighted by Gasteiger charge is -2.21. The van der Waals surface area contributed by atoms with E-state index in [0.29, 0.717) is 5.75 Å². The molecule has 0 fully saturated rings. The summed E-state index contributed by atoms with van der Waals surface area (Å²) in [4.78, 5) is 13.2. The summed E-state index contributed by atoms with van der Waals surface area (Å²) in [5, 5.41) is 8.92. The monoisotopic (exact) mass is 233 g/mol. The van der Waals surface area contributed by atoms with Gasteiger partial charge in [0.15, 0.2) is 0 Å². The lowest BCUT2D eigenvalue weighted by atomic mass is 9.97. The standard InChI is InChI=1S/C11H23NO2S/c1-5-12(6-2)7-8-15-9-11(3,4)10(13)14/h5-9H2,1-4H3,(H,13,14). The van der Waals surface area contributed by atoms with Crippen molar-refractivity contribution in [2.75, 3.05) is 31.1 Å². The van der Waals surface area contributed by atoms with Gasteiger partial charge in [0.05, 0.1) is 5.41 Å². The lowest BCUT2D eigenvalue weighted by molar-refractivity contribution is -0.145. The van der Waals surface area contributed by atoms with E-state index in [9.17, 15) is 4.79 Å². The van der Waals surface area contributed by atoms with E-state index < -0.39 is 11.4 Å². The molecule has 0 bridgehead atoms. The van der Waals surface area contributed by atoms with Crippen molar-refractivity contribution < 1.29 is 9.90 Å². The third-order valence-electron chi connectivity index (χ3n) is 2.49. The largest absolute Gasteiger partial charge is 0.481 e. The predicted molar refractivity (Wildman–Crippen MR) is 66.5 cm³/mol. The van der Waals surface area contributed by atoms with E-state index in [1.807, 2.05) is 0 Å². The van der Waals surface area contributed by atoms with Gasteiger partial charge >= 0.3 is 5.97 Å². The first kappa shape index (κ1) is 14.8. The van der Waals surface area contributed by atoms with Crippen molar-refractivity contribution in [2.24, 2.45) is 5.41 Å². The fourth-order valence-corrected chi connectivity index (χ4v) is 2.29. The van der Waals surface area contributed by atoms with E-state index >= 15 is 0 Å². The summed E-state index contributed by atoms with van der Waals surface area (Å²) < 4.78 is 0. The van der Waals surface area contributed by atoms with Crippen LogP contribution in [0, 0.1) is 5.41 Å². The predicted octanol–water partition coefficient (Wildman–Crippen LogP) is 2.17. The zero-order valence-corrected chi connectivity index (χ0v) is 11.1. The Morgan fingerprint density at radius 3 is 2.27 bits per heavy atom. The van der Waals surface area contributed by atoms with Crippen LogP contribution >= 0.6 is 11.8 Å². The van der Waals surface area contributed by atoms with Crippen LogP contribution in [0.2, 0.25) is 0 Å². The Morgan fingerprint density at radius 2 is 1.87 bits per heavy atom. The molecule has 0 aliphatic heterocycles. The van der Waals surface area contributed by atoms with E-state index in [2.05, 4.69) is 18.7 Å². The van der Waals surface area contributed by atoms with Gasteiger partial charge in [-0.05, 0) is 26.9 Å². The van der Waals surface area contributed by atoms with Crippen LogP contribution in [0.5, 0.6) is 0 Å². The smallest absolute Gasteiger partial charge is 0.309 e.